The van der Waals surface area contributed by atoms with Crippen molar-refractivity contribution in [3.05, 3.63) is 29.8 Å². The molecule has 0 aliphatic heterocycles. The van der Waals surface area contributed by atoms with Gasteiger partial charge in [-0.05, 0) is 31.4 Å². The lowest BCUT2D eigenvalue weighted by Gasteiger charge is -2.39. The number of halogens is 1. The summed E-state index contributed by atoms with van der Waals surface area (Å²) in [5, 5.41) is 1.12. The van der Waals surface area contributed by atoms with Gasteiger partial charge in [0.25, 0.3) is 0 Å². The SMILES string of the molecule is COc1ccccc1CN(C)CC1(CBr)CCCCC1. The molecule has 0 amide bonds. The van der Waals surface area contributed by atoms with E-state index in [9.17, 15) is 0 Å². The van der Waals surface area contributed by atoms with Gasteiger partial charge < -0.3 is 9.64 Å². The Kier molecular flexibility index (Phi) is 5.91. The molecule has 1 saturated carbocycles. The summed E-state index contributed by atoms with van der Waals surface area (Å²) in [5.74, 6) is 0.996. The molecule has 0 N–H and O–H groups in total. The molecule has 2 nitrogen and oxygen atoms in total. The molecule has 0 bridgehead atoms. The lowest BCUT2D eigenvalue weighted by molar-refractivity contribution is 0.141. The smallest absolute Gasteiger partial charge is 0.123 e. The molecule has 0 radical (unpaired) electrons. The molecule has 0 saturated heterocycles. The van der Waals surface area contributed by atoms with E-state index < -0.39 is 0 Å². The average molecular weight is 340 g/mol. The molecule has 0 aromatic heterocycles. The Morgan fingerprint density at radius 2 is 1.90 bits per heavy atom. The first-order valence-corrected chi connectivity index (χ1v) is 8.68. The molecule has 0 spiro atoms. The van der Waals surface area contributed by atoms with Crippen LogP contribution in [0.25, 0.3) is 0 Å². The summed E-state index contributed by atoms with van der Waals surface area (Å²) in [5.41, 5.74) is 1.74. The second-order valence-electron chi connectivity index (χ2n) is 6.18. The van der Waals surface area contributed by atoms with Gasteiger partial charge in [0.15, 0.2) is 0 Å². The van der Waals surface area contributed by atoms with Crippen LogP contribution in [0.4, 0.5) is 0 Å². The maximum atomic E-state index is 5.45. The van der Waals surface area contributed by atoms with Crippen LogP contribution in [-0.4, -0.2) is 30.9 Å². The fourth-order valence-corrected chi connectivity index (χ4v) is 4.13. The predicted octanol–water partition coefficient (Wildman–Crippen LogP) is 4.47. The van der Waals surface area contributed by atoms with E-state index in [2.05, 4.69) is 40.0 Å². The van der Waals surface area contributed by atoms with Crippen LogP contribution in [0.2, 0.25) is 0 Å². The summed E-state index contributed by atoms with van der Waals surface area (Å²) in [7, 11) is 3.98. The van der Waals surface area contributed by atoms with Crippen molar-refractivity contribution in [2.45, 2.75) is 38.6 Å². The van der Waals surface area contributed by atoms with Gasteiger partial charge in [0.05, 0.1) is 7.11 Å². The molecule has 0 heterocycles. The highest BCUT2D eigenvalue weighted by Gasteiger charge is 2.32. The van der Waals surface area contributed by atoms with E-state index in [4.69, 9.17) is 4.74 Å². The van der Waals surface area contributed by atoms with Crippen LogP contribution in [0.1, 0.15) is 37.7 Å². The van der Waals surface area contributed by atoms with Crippen LogP contribution in [0.5, 0.6) is 5.75 Å². The van der Waals surface area contributed by atoms with E-state index >= 15 is 0 Å². The molecule has 112 valence electrons. The number of hydrogen-bond acceptors (Lipinski definition) is 2. The number of ether oxygens (including phenoxy) is 1. The van der Waals surface area contributed by atoms with Gasteiger partial charge in [-0.3, -0.25) is 0 Å². The monoisotopic (exact) mass is 339 g/mol. The van der Waals surface area contributed by atoms with Gasteiger partial charge in [-0.15, -0.1) is 0 Å². The molecule has 1 aromatic carbocycles. The minimum atomic E-state index is 0.467. The van der Waals surface area contributed by atoms with Crippen molar-refractivity contribution in [2.75, 3.05) is 26.0 Å². The molecule has 20 heavy (non-hydrogen) atoms. The van der Waals surface area contributed by atoms with E-state index in [-0.39, 0.29) is 0 Å². The van der Waals surface area contributed by atoms with Gasteiger partial charge in [0.2, 0.25) is 0 Å². The number of hydrogen-bond donors (Lipinski definition) is 0. The zero-order valence-corrected chi connectivity index (χ0v) is 14.3. The fourth-order valence-electron chi connectivity index (χ4n) is 3.39. The van der Waals surface area contributed by atoms with Crippen LogP contribution in [0, 0.1) is 5.41 Å². The summed E-state index contributed by atoms with van der Waals surface area (Å²) in [6, 6.07) is 8.33. The molecule has 0 unspecified atom stereocenters. The molecule has 1 aliphatic carbocycles. The van der Waals surface area contributed by atoms with Crippen LogP contribution in [0.15, 0.2) is 24.3 Å². The zero-order valence-electron chi connectivity index (χ0n) is 12.7. The average Bonchev–Trinajstić information content (AvgIpc) is 2.48. The quantitative estimate of drug-likeness (QED) is 0.709. The Balaban J connectivity index is 1.99. The van der Waals surface area contributed by atoms with Gasteiger partial charge in [0.1, 0.15) is 5.75 Å². The molecule has 1 fully saturated rings. The summed E-state index contributed by atoms with van der Waals surface area (Å²) >= 11 is 3.76. The first-order chi connectivity index (χ1) is 9.69. The third kappa shape index (κ3) is 3.98. The van der Waals surface area contributed by atoms with Crippen LogP contribution in [-0.2, 0) is 6.54 Å². The van der Waals surface area contributed by atoms with Crippen molar-refractivity contribution < 1.29 is 4.74 Å². The number of alkyl halides is 1. The van der Waals surface area contributed by atoms with E-state index in [1.54, 1.807) is 7.11 Å². The number of methoxy groups -OCH3 is 1. The molecule has 2 rings (SSSR count). The number of para-hydroxylation sites is 1. The Morgan fingerprint density at radius 3 is 2.55 bits per heavy atom. The number of nitrogens with zero attached hydrogens (tertiary/aromatic N) is 1. The van der Waals surface area contributed by atoms with Gasteiger partial charge in [-0.25, -0.2) is 0 Å². The lowest BCUT2D eigenvalue weighted by atomic mass is 9.75. The zero-order chi connectivity index (χ0) is 14.4. The van der Waals surface area contributed by atoms with E-state index in [0.717, 1.165) is 24.2 Å². The highest BCUT2D eigenvalue weighted by molar-refractivity contribution is 9.09. The first kappa shape index (κ1) is 15.8. The normalized spacial score (nSPS) is 18.2. The van der Waals surface area contributed by atoms with Gasteiger partial charge in [-0.1, -0.05) is 53.4 Å². The molecular weight excluding hydrogens is 314 g/mol. The summed E-state index contributed by atoms with van der Waals surface area (Å²) in [6.07, 6.45) is 6.89. The Bertz CT molecular complexity index is 415. The van der Waals surface area contributed by atoms with Crippen molar-refractivity contribution in [1.29, 1.82) is 0 Å². The van der Waals surface area contributed by atoms with Gasteiger partial charge in [0, 0.05) is 24.0 Å². The maximum Gasteiger partial charge on any atom is 0.123 e. The second-order valence-corrected chi connectivity index (χ2v) is 6.74. The van der Waals surface area contributed by atoms with Crippen molar-refractivity contribution in [1.82, 2.24) is 4.90 Å². The third-order valence-corrected chi connectivity index (χ3v) is 5.63. The topological polar surface area (TPSA) is 12.5 Å². The van der Waals surface area contributed by atoms with Crippen molar-refractivity contribution in [2.24, 2.45) is 5.41 Å². The summed E-state index contributed by atoms with van der Waals surface area (Å²) in [4.78, 5) is 2.45. The van der Waals surface area contributed by atoms with E-state index in [1.165, 1.54) is 37.7 Å². The predicted molar refractivity (Wildman–Crippen MR) is 88.6 cm³/mol. The second kappa shape index (κ2) is 7.46. The van der Waals surface area contributed by atoms with Gasteiger partial charge in [-0.2, -0.15) is 0 Å². The molecule has 1 aromatic rings. The van der Waals surface area contributed by atoms with Crippen LogP contribution in [0.3, 0.4) is 0 Å². The Hall–Kier alpha value is -0.540. The minimum absolute atomic E-state index is 0.467. The Morgan fingerprint density at radius 1 is 1.20 bits per heavy atom. The van der Waals surface area contributed by atoms with Crippen molar-refractivity contribution in [3.63, 3.8) is 0 Å². The lowest BCUT2D eigenvalue weighted by Crippen LogP contribution is -2.38. The van der Waals surface area contributed by atoms with Gasteiger partial charge >= 0.3 is 0 Å². The standard InChI is InChI=1S/C17H26BrNO/c1-19(12-15-8-4-5-9-16(15)20-2)14-17(13-18)10-6-3-7-11-17/h4-5,8-9H,3,6-7,10-14H2,1-2H3. The Labute approximate surface area is 131 Å². The molecule has 1 aliphatic rings. The van der Waals surface area contributed by atoms with Crippen molar-refractivity contribution in [3.8, 4) is 5.75 Å². The highest BCUT2D eigenvalue weighted by Crippen LogP contribution is 2.38. The summed E-state index contributed by atoms with van der Waals surface area (Å²) < 4.78 is 5.45. The molecule has 0 atom stereocenters. The number of benzene rings is 1. The highest BCUT2D eigenvalue weighted by atomic mass is 79.9. The van der Waals surface area contributed by atoms with E-state index in [1.807, 2.05) is 12.1 Å². The number of rotatable bonds is 6. The largest absolute Gasteiger partial charge is 0.496 e. The first-order valence-electron chi connectivity index (χ1n) is 7.55. The third-order valence-electron chi connectivity index (χ3n) is 4.44. The van der Waals surface area contributed by atoms with Crippen LogP contribution >= 0.6 is 15.9 Å². The van der Waals surface area contributed by atoms with Crippen LogP contribution < -0.4 is 4.74 Å². The fraction of sp³-hybridized carbons (Fsp3) is 0.647. The maximum absolute atomic E-state index is 5.45. The molecular formula is C17H26BrNO. The van der Waals surface area contributed by atoms with Crippen molar-refractivity contribution >= 4 is 15.9 Å². The summed E-state index contributed by atoms with van der Waals surface area (Å²) in [6.45, 7) is 2.12. The minimum Gasteiger partial charge on any atom is -0.496 e. The van der Waals surface area contributed by atoms with E-state index in [0.29, 0.717) is 5.41 Å². The molecule has 3 heteroatoms.